The van der Waals surface area contributed by atoms with Gasteiger partial charge in [0.2, 0.25) is 5.91 Å². The fourth-order valence-corrected chi connectivity index (χ4v) is 3.43. The number of methoxy groups -OCH3 is 1. The molecule has 0 spiro atoms. The molecule has 26 heavy (non-hydrogen) atoms. The molecule has 1 amide bonds. The number of rotatable bonds is 8. The van der Waals surface area contributed by atoms with Gasteiger partial charge < -0.3 is 15.4 Å². The lowest BCUT2D eigenvalue weighted by Gasteiger charge is -2.19. The van der Waals surface area contributed by atoms with Gasteiger partial charge in [0.25, 0.3) is 0 Å². The summed E-state index contributed by atoms with van der Waals surface area (Å²) in [7, 11) is 1.61. The number of thiophene rings is 1. The van der Waals surface area contributed by atoms with Crippen molar-refractivity contribution in [3.8, 4) is 5.75 Å². The number of anilines is 1. The molecule has 2 aromatic carbocycles. The molecule has 0 unspecified atom stereocenters. The summed E-state index contributed by atoms with van der Waals surface area (Å²) in [5.41, 5.74) is 1.66. The Hall–Kier alpha value is -2.63. The van der Waals surface area contributed by atoms with Gasteiger partial charge in [0.1, 0.15) is 11.8 Å². The maximum atomic E-state index is 12.9. The minimum atomic E-state index is -0.414. The Morgan fingerprint density at radius 2 is 1.92 bits per heavy atom. The Bertz CT molecular complexity index is 819. The quantitative estimate of drug-likeness (QED) is 0.626. The van der Waals surface area contributed by atoms with E-state index in [1.165, 1.54) is 4.88 Å². The highest BCUT2D eigenvalue weighted by Gasteiger charge is 2.20. The monoisotopic (exact) mass is 366 g/mol. The molecule has 4 nitrogen and oxygen atoms in total. The summed E-state index contributed by atoms with van der Waals surface area (Å²) in [5, 5.41) is 8.44. The van der Waals surface area contributed by atoms with E-state index in [-0.39, 0.29) is 5.91 Å². The van der Waals surface area contributed by atoms with Gasteiger partial charge in [0, 0.05) is 23.2 Å². The minimum absolute atomic E-state index is 0.0874. The van der Waals surface area contributed by atoms with Crippen LogP contribution in [0.15, 0.2) is 72.1 Å². The van der Waals surface area contributed by atoms with Crippen LogP contribution < -0.4 is 15.4 Å². The maximum Gasteiger partial charge on any atom is 0.246 e. The summed E-state index contributed by atoms with van der Waals surface area (Å²) >= 11 is 1.73. The molecule has 0 saturated heterocycles. The molecule has 134 valence electrons. The lowest BCUT2D eigenvalue weighted by molar-refractivity contribution is -0.118. The molecule has 2 N–H and O–H groups in total. The first kappa shape index (κ1) is 18.2. The van der Waals surface area contributed by atoms with Crippen LogP contribution in [-0.2, 0) is 11.2 Å². The van der Waals surface area contributed by atoms with Crippen LogP contribution in [0.2, 0.25) is 0 Å². The van der Waals surface area contributed by atoms with Crippen LogP contribution in [0.1, 0.15) is 16.5 Å². The summed E-state index contributed by atoms with van der Waals surface area (Å²) < 4.78 is 5.22. The summed E-state index contributed by atoms with van der Waals surface area (Å²) in [4.78, 5) is 14.2. The number of amides is 1. The highest BCUT2D eigenvalue weighted by molar-refractivity contribution is 7.09. The molecule has 0 radical (unpaired) electrons. The van der Waals surface area contributed by atoms with Gasteiger partial charge in [-0.3, -0.25) is 4.79 Å². The van der Waals surface area contributed by atoms with Crippen LogP contribution >= 0.6 is 11.3 Å². The highest BCUT2D eigenvalue weighted by Crippen LogP contribution is 2.20. The van der Waals surface area contributed by atoms with E-state index in [0.29, 0.717) is 5.75 Å². The van der Waals surface area contributed by atoms with Crippen molar-refractivity contribution in [2.45, 2.75) is 12.5 Å². The van der Waals surface area contributed by atoms with Gasteiger partial charge in [-0.25, -0.2) is 0 Å². The van der Waals surface area contributed by atoms with Crippen molar-refractivity contribution in [1.29, 1.82) is 0 Å². The zero-order chi connectivity index (χ0) is 18.2. The van der Waals surface area contributed by atoms with Crippen LogP contribution in [0.3, 0.4) is 0 Å². The largest absolute Gasteiger partial charge is 0.497 e. The second kappa shape index (κ2) is 9.17. The van der Waals surface area contributed by atoms with E-state index in [2.05, 4.69) is 22.1 Å². The SMILES string of the molecule is COc1cccc(NC(=O)[C@@H](NCCc2cccs2)c2ccccc2)c1. The number of hydrogen-bond acceptors (Lipinski definition) is 4. The first-order valence-electron chi connectivity index (χ1n) is 8.52. The predicted molar refractivity (Wildman–Crippen MR) is 107 cm³/mol. The molecule has 0 aliphatic carbocycles. The Morgan fingerprint density at radius 1 is 1.08 bits per heavy atom. The van der Waals surface area contributed by atoms with E-state index >= 15 is 0 Å². The average molecular weight is 366 g/mol. The first-order chi connectivity index (χ1) is 12.8. The van der Waals surface area contributed by atoms with E-state index in [1.54, 1.807) is 18.4 Å². The second-order valence-corrected chi connectivity index (χ2v) is 6.88. The molecule has 3 aromatic rings. The Morgan fingerprint density at radius 3 is 2.65 bits per heavy atom. The van der Waals surface area contributed by atoms with Crippen molar-refractivity contribution in [2.75, 3.05) is 19.0 Å². The molecular formula is C21H22N2O2S. The van der Waals surface area contributed by atoms with Crippen LogP contribution in [0.25, 0.3) is 0 Å². The highest BCUT2D eigenvalue weighted by atomic mass is 32.1. The lowest BCUT2D eigenvalue weighted by atomic mass is 10.1. The van der Waals surface area contributed by atoms with Gasteiger partial charge in [-0.05, 0) is 35.6 Å². The van der Waals surface area contributed by atoms with Crippen LogP contribution in [0, 0.1) is 0 Å². The zero-order valence-corrected chi connectivity index (χ0v) is 15.5. The molecule has 5 heteroatoms. The molecule has 3 rings (SSSR count). The molecule has 0 aliphatic heterocycles. The van der Waals surface area contributed by atoms with Crippen molar-refractivity contribution in [1.82, 2.24) is 5.32 Å². The predicted octanol–water partition coefficient (Wildman–Crippen LogP) is 4.27. The number of carbonyl (C=O) groups excluding carboxylic acids is 1. The van der Waals surface area contributed by atoms with Crippen LogP contribution in [-0.4, -0.2) is 19.6 Å². The molecule has 1 aromatic heterocycles. The van der Waals surface area contributed by atoms with Crippen molar-refractivity contribution >= 4 is 22.9 Å². The van der Waals surface area contributed by atoms with E-state index in [4.69, 9.17) is 4.74 Å². The summed E-state index contributed by atoms with van der Waals surface area (Å²) in [6.07, 6.45) is 0.896. The van der Waals surface area contributed by atoms with E-state index < -0.39 is 6.04 Å². The third kappa shape index (κ3) is 4.94. The third-order valence-corrected chi connectivity index (χ3v) is 4.97. The zero-order valence-electron chi connectivity index (χ0n) is 14.6. The van der Waals surface area contributed by atoms with Gasteiger partial charge in [-0.1, -0.05) is 42.5 Å². The molecule has 0 aliphatic rings. The Kier molecular flexibility index (Phi) is 6.41. The molecule has 0 fully saturated rings. The summed E-state index contributed by atoms with van der Waals surface area (Å²) in [6.45, 7) is 0.728. The maximum absolute atomic E-state index is 12.9. The fourth-order valence-electron chi connectivity index (χ4n) is 2.72. The van der Waals surface area contributed by atoms with Crippen molar-refractivity contribution in [3.05, 3.63) is 82.6 Å². The van der Waals surface area contributed by atoms with E-state index in [0.717, 1.165) is 24.2 Å². The minimum Gasteiger partial charge on any atom is -0.497 e. The smallest absolute Gasteiger partial charge is 0.246 e. The Labute approximate surface area is 157 Å². The topological polar surface area (TPSA) is 50.4 Å². The number of hydrogen-bond donors (Lipinski definition) is 2. The normalized spacial score (nSPS) is 11.7. The standard InChI is InChI=1S/C21H22N2O2S/c1-25-18-10-5-9-17(15-18)23-21(24)20(16-7-3-2-4-8-16)22-13-12-19-11-6-14-26-19/h2-11,14-15,20,22H,12-13H2,1H3,(H,23,24)/t20-/m0/s1. The van der Waals surface area contributed by atoms with Crippen molar-refractivity contribution < 1.29 is 9.53 Å². The summed E-state index contributed by atoms with van der Waals surface area (Å²) in [5.74, 6) is 0.625. The Balaban J connectivity index is 1.70. The molecule has 1 heterocycles. The van der Waals surface area contributed by atoms with Crippen molar-refractivity contribution in [3.63, 3.8) is 0 Å². The number of benzene rings is 2. The second-order valence-electron chi connectivity index (χ2n) is 5.85. The van der Waals surface area contributed by atoms with Gasteiger partial charge in [0.05, 0.1) is 7.11 Å². The molecular weight excluding hydrogens is 344 g/mol. The molecule has 1 atom stereocenters. The van der Waals surface area contributed by atoms with Crippen LogP contribution in [0.4, 0.5) is 5.69 Å². The molecule has 0 saturated carbocycles. The van der Waals surface area contributed by atoms with E-state index in [1.807, 2.05) is 60.7 Å². The first-order valence-corrected chi connectivity index (χ1v) is 9.40. The van der Waals surface area contributed by atoms with Crippen molar-refractivity contribution in [2.24, 2.45) is 0 Å². The average Bonchev–Trinajstić information content (AvgIpc) is 3.19. The third-order valence-electron chi connectivity index (χ3n) is 4.03. The molecule has 0 bridgehead atoms. The number of carbonyl (C=O) groups is 1. The van der Waals surface area contributed by atoms with Crippen LogP contribution in [0.5, 0.6) is 5.75 Å². The number of ether oxygens (including phenoxy) is 1. The van der Waals surface area contributed by atoms with Gasteiger partial charge in [-0.15, -0.1) is 11.3 Å². The van der Waals surface area contributed by atoms with Gasteiger partial charge >= 0.3 is 0 Å². The number of nitrogens with one attached hydrogen (secondary N) is 2. The van der Waals surface area contributed by atoms with Gasteiger partial charge in [-0.2, -0.15) is 0 Å². The summed E-state index contributed by atoms with van der Waals surface area (Å²) in [6, 6.07) is 20.9. The fraction of sp³-hybridized carbons (Fsp3) is 0.190. The van der Waals surface area contributed by atoms with Gasteiger partial charge in [0.15, 0.2) is 0 Å². The lowest BCUT2D eigenvalue weighted by Crippen LogP contribution is -2.34. The van der Waals surface area contributed by atoms with E-state index in [9.17, 15) is 4.79 Å².